The van der Waals surface area contributed by atoms with E-state index in [1.165, 1.54) is 13.0 Å². The lowest BCUT2D eigenvalue weighted by Gasteiger charge is -2.01. The van der Waals surface area contributed by atoms with Crippen LogP contribution in [0.4, 0.5) is 5.88 Å². The molecule has 0 saturated carbocycles. The lowest BCUT2D eigenvalue weighted by molar-refractivity contribution is -0.114. The summed E-state index contributed by atoms with van der Waals surface area (Å²) in [7, 11) is 0. The number of hydrogen-bond donors (Lipinski definition) is 2. The number of nitrogens with one attached hydrogen (secondary N) is 2. The van der Waals surface area contributed by atoms with Gasteiger partial charge >= 0.3 is 0 Å². The molecule has 0 saturated heterocycles. The van der Waals surface area contributed by atoms with Crippen molar-refractivity contribution in [2.45, 2.75) is 26.7 Å². The highest BCUT2D eigenvalue weighted by Gasteiger charge is 2.10. The van der Waals surface area contributed by atoms with E-state index in [0.717, 1.165) is 12.8 Å². The van der Waals surface area contributed by atoms with Crippen molar-refractivity contribution < 1.29 is 14.0 Å². The minimum absolute atomic E-state index is 0.208. The molecule has 0 aliphatic heterocycles. The Morgan fingerprint density at radius 2 is 2.12 bits per heavy atom. The highest BCUT2D eigenvalue weighted by Crippen LogP contribution is 2.12. The van der Waals surface area contributed by atoms with Crippen LogP contribution in [0.25, 0.3) is 0 Å². The average Bonchev–Trinajstić information content (AvgIpc) is 2.65. The van der Waals surface area contributed by atoms with E-state index in [-0.39, 0.29) is 23.5 Å². The summed E-state index contributed by atoms with van der Waals surface area (Å²) in [6.45, 7) is 4.06. The van der Waals surface area contributed by atoms with Crippen LogP contribution >= 0.6 is 0 Å². The van der Waals surface area contributed by atoms with Gasteiger partial charge < -0.3 is 9.73 Å². The molecule has 5 heteroatoms. The second-order valence-electron chi connectivity index (χ2n) is 3.45. The van der Waals surface area contributed by atoms with E-state index >= 15 is 0 Å². The quantitative estimate of drug-likeness (QED) is 0.749. The molecule has 2 amide bonds. The third-order valence-electron chi connectivity index (χ3n) is 1.94. The second kappa shape index (κ2) is 5.95. The molecule has 0 aliphatic carbocycles. The molecule has 16 heavy (non-hydrogen) atoms. The van der Waals surface area contributed by atoms with E-state index < -0.39 is 0 Å². The molecular weight excluding hydrogens is 208 g/mol. The Hall–Kier alpha value is -1.78. The molecule has 5 nitrogen and oxygen atoms in total. The van der Waals surface area contributed by atoms with E-state index in [0.29, 0.717) is 6.54 Å². The molecule has 1 heterocycles. The van der Waals surface area contributed by atoms with E-state index in [9.17, 15) is 9.59 Å². The topological polar surface area (TPSA) is 71.3 Å². The highest BCUT2D eigenvalue weighted by molar-refractivity contribution is 5.93. The van der Waals surface area contributed by atoms with Crippen LogP contribution in [-0.2, 0) is 4.79 Å². The Morgan fingerprint density at radius 1 is 1.38 bits per heavy atom. The van der Waals surface area contributed by atoms with Gasteiger partial charge in [-0.05, 0) is 12.5 Å². The Balaban J connectivity index is 2.49. The van der Waals surface area contributed by atoms with Crippen molar-refractivity contribution in [1.29, 1.82) is 0 Å². The van der Waals surface area contributed by atoms with Crippen molar-refractivity contribution in [1.82, 2.24) is 5.32 Å². The molecule has 0 spiro atoms. The van der Waals surface area contributed by atoms with Gasteiger partial charge in [-0.3, -0.25) is 14.9 Å². The van der Waals surface area contributed by atoms with Crippen molar-refractivity contribution in [3.63, 3.8) is 0 Å². The van der Waals surface area contributed by atoms with Crippen molar-refractivity contribution in [2.24, 2.45) is 0 Å². The predicted octanol–water partition coefficient (Wildman–Crippen LogP) is 1.77. The Labute approximate surface area is 94.2 Å². The fourth-order valence-corrected chi connectivity index (χ4v) is 1.17. The Bertz CT molecular complexity index is 371. The van der Waals surface area contributed by atoms with Gasteiger partial charge in [0.1, 0.15) is 0 Å². The van der Waals surface area contributed by atoms with Gasteiger partial charge in [-0.15, -0.1) is 0 Å². The number of unbranched alkanes of at least 4 members (excludes halogenated alkanes) is 1. The summed E-state index contributed by atoms with van der Waals surface area (Å²) >= 11 is 0. The summed E-state index contributed by atoms with van der Waals surface area (Å²) in [6.07, 6.45) is 1.96. The molecule has 0 aliphatic rings. The summed E-state index contributed by atoms with van der Waals surface area (Å²) in [5.74, 6) is 0.00494. The number of anilines is 1. The van der Waals surface area contributed by atoms with Crippen molar-refractivity contribution in [3.05, 3.63) is 17.9 Å². The van der Waals surface area contributed by atoms with Gasteiger partial charge in [0.25, 0.3) is 5.91 Å². The second-order valence-corrected chi connectivity index (χ2v) is 3.45. The zero-order valence-corrected chi connectivity index (χ0v) is 9.50. The summed E-state index contributed by atoms with van der Waals surface area (Å²) in [5.41, 5.74) is 0. The molecule has 88 valence electrons. The van der Waals surface area contributed by atoms with Gasteiger partial charge in [-0.2, -0.15) is 0 Å². The zero-order chi connectivity index (χ0) is 12.0. The molecule has 0 aromatic carbocycles. The average molecular weight is 224 g/mol. The fraction of sp³-hybridized carbons (Fsp3) is 0.455. The van der Waals surface area contributed by atoms with Crippen LogP contribution in [0.15, 0.2) is 16.5 Å². The third kappa shape index (κ3) is 3.76. The molecule has 2 N–H and O–H groups in total. The van der Waals surface area contributed by atoms with Gasteiger partial charge in [-0.25, -0.2) is 0 Å². The molecular formula is C11H16N2O3. The summed E-state index contributed by atoms with van der Waals surface area (Å²) in [5, 5.41) is 5.18. The maximum absolute atomic E-state index is 11.5. The molecule has 0 radical (unpaired) electrons. The molecule has 0 fully saturated rings. The first-order valence-corrected chi connectivity index (χ1v) is 5.29. The predicted molar refractivity (Wildman–Crippen MR) is 60.3 cm³/mol. The minimum atomic E-state index is -0.259. The van der Waals surface area contributed by atoms with E-state index in [2.05, 4.69) is 10.6 Å². The summed E-state index contributed by atoms with van der Waals surface area (Å²) < 4.78 is 5.14. The van der Waals surface area contributed by atoms with Crippen LogP contribution in [0.1, 0.15) is 37.2 Å². The van der Waals surface area contributed by atoms with Crippen molar-refractivity contribution >= 4 is 17.7 Å². The number of rotatable bonds is 5. The molecule has 0 bridgehead atoms. The highest BCUT2D eigenvalue weighted by atomic mass is 16.4. The van der Waals surface area contributed by atoms with Crippen molar-refractivity contribution in [2.75, 3.05) is 11.9 Å². The fourth-order valence-electron chi connectivity index (χ4n) is 1.17. The first-order chi connectivity index (χ1) is 7.63. The zero-order valence-electron chi connectivity index (χ0n) is 9.50. The van der Waals surface area contributed by atoms with Crippen LogP contribution in [0, 0.1) is 0 Å². The molecule has 1 aromatic rings. The van der Waals surface area contributed by atoms with E-state index in [1.807, 2.05) is 6.92 Å². The molecule has 1 rings (SSSR count). The van der Waals surface area contributed by atoms with Gasteiger partial charge in [0, 0.05) is 19.5 Å². The van der Waals surface area contributed by atoms with Crippen LogP contribution in [0.3, 0.4) is 0 Å². The number of amides is 2. The third-order valence-corrected chi connectivity index (χ3v) is 1.94. The van der Waals surface area contributed by atoms with Crippen LogP contribution in [-0.4, -0.2) is 18.4 Å². The largest absolute Gasteiger partial charge is 0.435 e. The lowest BCUT2D eigenvalue weighted by atomic mass is 10.3. The minimum Gasteiger partial charge on any atom is -0.435 e. The summed E-state index contributed by atoms with van der Waals surface area (Å²) in [6, 6.07) is 3.09. The lowest BCUT2D eigenvalue weighted by Crippen LogP contribution is -2.23. The first-order valence-electron chi connectivity index (χ1n) is 5.29. The van der Waals surface area contributed by atoms with Crippen LogP contribution in [0.5, 0.6) is 0 Å². The van der Waals surface area contributed by atoms with Gasteiger partial charge in [0.2, 0.25) is 5.91 Å². The molecule has 1 aromatic heterocycles. The van der Waals surface area contributed by atoms with E-state index in [4.69, 9.17) is 4.42 Å². The summed E-state index contributed by atoms with van der Waals surface area (Å²) in [4.78, 5) is 22.2. The van der Waals surface area contributed by atoms with E-state index in [1.54, 1.807) is 6.07 Å². The first kappa shape index (κ1) is 12.3. The van der Waals surface area contributed by atoms with Gasteiger partial charge in [-0.1, -0.05) is 13.3 Å². The number of carbonyl (C=O) groups excluding carboxylic acids is 2. The normalized spacial score (nSPS) is 9.88. The van der Waals surface area contributed by atoms with Crippen molar-refractivity contribution in [3.8, 4) is 0 Å². The molecule has 0 atom stereocenters. The number of hydrogen-bond acceptors (Lipinski definition) is 3. The number of furan rings is 1. The monoisotopic (exact) mass is 224 g/mol. The van der Waals surface area contributed by atoms with Crippen LogP contribution < -0.4 is 10.6 Å². The maximum atomic E-state index is 11.5. The Morgan fingerprint density at radius 3 is 2.75 bits per heavy atom. The van der Waals surface area contributed by atoms with Gasteiger partial charge in [0.05, 0.1) is 0 Å². The van der Waals surface area contributed by atoms with Crippen LogP contribution in [0.2, 0.25) is 0 Å². The SMILES string of the molecule is CCCCNC(=O)c1ccc(NC(C)=O)o1. The van der Waals surface area contributed by atoms with Gasteiger partial charge in [0.15, 0.2) is 11.6 Å². The smallest absolute Gasteiger partial charge is 0.287 e. The standard InChI is InChI=1S/C11H16N2O3/c1-3-4-7-12-11(15)9-5-6-10(16-9)13-8(2)14/h5-6H,3-4,7H2,1-2H3,(H,12,15)(H,13,14). The Kier molecular flexibility index (Phi) is 4.57. The molecule has 0 unspecified atom stereocenters. The number of carbonyl (C=O) groups is 2. The maximum Gasteiger partial charge on any atom is 0.287 e.